The van der Waals surface area contributed by atoms with Gasteiger partial charge in [0.1, 0.15) is 5.75 Å². The fourth-order valence-corrected chi connectivity index (χ4v) is 2.34. The molecule has 0 aliphatic rings. The average molecular weight is 265 g/mol. The highest BCUT2D eigenvalue weighted by molar-refractivity contribution is 6.16. The maximum atomic E-state index is 12.6. The van der Waals surface area contributed by atoms with Gasteiger partial charge in [-0.15, -0.1) is 0 Å². The molecule has 1 heterocycles. The summed E-state index contributed by atoms with van der Waals surface area (Å²) in [6.45, 7) is 2.02. The van der Waals surface area contributed by atoms with Crippen molar-refractivity contribution >= 4 is 16.7 Å². The monoisotopic (exact) mass is 265 g/mol. The van der Waals surface area contributed by atoms with Crippen LogP contribution in [0.4, 0.5) is 0 Å². The van der Waals surface area contributed by atoms with Gasteiger partial charge in [-0.1, -0.05) is 23.8 Å². The van der Waals surface area contributed by atoms with Crippen LogP contribution in [-0.2, 0) is 0 Å². The van der Waals surface area contributed by atoms with Crippen LogP contribution in [0.15, 0.2) is 48.7 Å². The number of carbonyl (C=O) groups is 1. The number of ether oxygens (including phenoxy) is 1. The first-order valence-corrected chi connectivity index (χ1v) is 6.45. The van der Waals surface area contributed by atoms with Gasteiger partial charge in [-0.25, -0.2) is 0 Å². The zero-order chi connectivity index (χ0) is 14.1. The number of hydrogen-bond donors (Lipinski definition) is 1. The van der Waals surface area contributed by atoms with Crippen LogP contribution in [0.2, 0.25) is 0 Å². The summed E-state index contributed by atoms with van der Waals surface area (Å²) in [7, 11) is 1.60. The Morgan fingerprint density at radius 1 is 1.15 bits per heavy atom. The number of aromatic amines is 1. The van der Waals surface area contributed by atoms with Crippen molar-refractivity contribution in [3.63, 3.8) is 0 Å². The normalized spacial score (nSPS) is 10.7. The van der Waals surface area contributed by atoms with Crippen LogP contribution >= 0.6 is 0 Å². The lowest BCUT2D eigenvalue weighted by atomic mass is 10.0. The van der Waals surface area contributed by atoms with Crippen LogP contribution in [-0.4, -0.2) is 17.9 Å². The Labute approximate surface area is 117 Å². The maximum absolute atomic E-state index is 12.6. The Bertz CT molecular complexity index is 787. The molecule has 100 valence electrons. The van der Waals surface area contributed by atoms with Crippen LogP contribution in [0, 0.1) is 6.92 Å². The van der Waals surface area contributed by atoms with Gasteiger partial charge in [-0.2, -0.15) is 0 Å². The van der Waals surface area contributed by atoms with E-state index >= 15 is 0 Å². The molecule has 0 unspecified atom stereocenters. The minimum absolute atomic E-state index is 0.000694. The molecule has 0 saturated carbocycles. The van der Waals surface area contributed by atoms with Crippen LogP contribution < -0.4 is 4.74 Å². The van der Waals surface area contributed by atoms with E-state index in [4.69, 9.17) is 4.74 Å². The lowest BCUT2D eigenvalue weighted by Crippen LogP contribution is -2.00. The van der Waals surface area contributed by atoms with Gasteiger partial charge in [0.2, 0.25) is 0 Å². The van der Waals surface area contributed by atoms with Crippen LogP contribution in [0.1, 0.15) is 21.5 Å². The predicted octanol–water partition coefficient (Wildman–Crippen LogP) is 3.72. The van der Waals surface area contributed by atoms with E-state index in [2.05, 4.69) is 4.98 Å². The highest BCUT2D eigenvalue weighted by atomic mass is 16.5. The Balaban J connectivity index is 2.10. The van der Waals surface area contributed by atoms with Gasteiger partial charge in [-0.05, 0) is 31.2 Å². The van der Waals surface area contributed by atoms with Crippen LogP contribution in [0.5, 0.6) is 5.75 Å². The maximum Gasteiger partial charge on any atom is 0.195 e. The fourth-order valence-electron chi connectivity index (χ4n) is 2.34. The largest absolute Gasteiger partial charge is 0.497 e. The molecule has 3 rings (SSSR count). The van der Waals surface area contributed by atoms with Gasteiger partial charge in [0.25, 0.3) is 0 Å². The highest BCUT2D eigenvalue weighted by Crippen LogP contribution is 2.23. The van der Waals surface area contributed by atoms with Gasteiger partial charge in [0.05, 0.1) is 7.11 Å². The van der Waals surface area contributed by atoms with E-state index in [0.717, 1.165) is 16.5 Å². The molecule has 0 bridgehead atoms. The average Bonchev–Trinajstić information content (AvgIpc) is 2.89. The molecule has 2 aromatic carbocycles. The summed E-state index contributed by atoms with van der Waals surface area (Å²) in [6, 6.07) is 13.3. The molecule has 0 amide bonds. The van der Waals surface area contributed by atoms with Crippen molar-refractivity contribution in [1.29, 1.82) is 0 Å². The first-order chi connectivity index (χ1) is 9.69. The van der Waals surface area contributed by atoms with Crippen molar-refractivity contribution in [3.8, 4) is 5.75 Å². The van der Waals surface area contributed by atoms with Crippen molar-refractivity contribution in [1.82, 2.24) is 4.98 Å². The number of aryl methyl sites for hydroxylation is 1. The van der Waals surface area contributed by atoms with Crippen molar-refractivity contribution in [3.05, 3.63) is 65.4 Å². The predicted molar refractivity (Wildman–Crippen MR) is 79.5 cm³/mol. The van der Waals surface area contributed by atoms with Crippen LogP contribution in [0.3, 0.4) is 0 Å². The number of hydrogen-bond acceptors (Lipinski definition) is 2. The van der Waals surface area contributed by atoms with E-state index < -0.39 is 0 Å². The second-order valence-electron chi connectivity index (χ2n) is 4.81. The van der Waals surface area contributed by atoms with Gasteiger partial charge in [-0.3, -0.25) is 4.79 Å². The molecule has 3 aromatic rings. The zero-order valence-electron chi connectivity index (χ0n) is 11.4. The number of nitrogens with one attached hydrogen (secondary N) is 1. The zero-order valence-corrected chi connectivity index (χ0v) is 11.4. The molecular formula is C17H15NO2. The molecule has 1 aromatic heterocycles. The van der Waals surface area contributed by atoms with E-state index in [9.17, 15) is 4.79 Å². The number of methoxy groups -OCH3 is 1. The number of rotatable bonds is 3. The molecule has 0 aliphatic heterocycles. The van der Waals surface area contributed by atoms with E-state index in [0.29, 0.717) is 16.9 Å². The molecular weight excluding hydrogens is 250 g/mol. The Morgan fingerprint density at radius 3 is 2.80 bits per heavy atom. The number of carbonyl (C=O) groups excluding carboxylic acids is 1. The fraction of sp³-hybridized carbons (Fsp3) is 0.118. The summed E-state index contributed by atoms with van der Waals surface area (Å²) in [4.78, 5) is 15.8. The lowest BCUT2D eigenvalue weighted by Gasteiger charge is -2.03. The van der Waals surface area contributed by atoms with Crippen molar-refractivity contribution in [2.75, 3.05) is 7.11 Å². The summed E-state index contributed by atoms with van der Waals surface area (Å²) >= 11 is 0. The number of H-pyrrole nitrogens is 1. The smallest absolute Gasteiger partial charge is 0.195 e. The van der Waals surface area contributed by atoms with E-state index in [1.165, 1.54) is 0 Å². The summed E-state index contributed by atoms with van der Waals surface area (Å²) in [5.74, 6) is 0.688. The van der Waals surface area contributed by atoms with Crippen molar-refractivity contribution in [2.24, 2.45) is 0 Å². The topological polar surface area (TPSA) is 42.1 Å². The van der Waals surface area contributed by atoms with E-state index in [-0.39, 0.29) is 5.78 Å². The minimum atomic E-state index is 0.000694. The summed E-state index contributed by atoms with van der Waals surface area (Å²) in [6.07, 6.45) is 1.77. The van der Waals surface area contributed by atoms with Crippen molar-refractivity contribution in [2.45, 2.75) is 6.92 Å². The Morgan fingerprint density at radius 2 is 2.00 bits per heavy atom. The second-order valence-corrected chi connectivity index (χ2v) is 4.81. The number of aromatic nitrogens is 1. The quantitative estimate of drug-likeness (QED) is 0.733. The Hall–Kier alpha value is -2.55. The molecule has 20 heavy (non-hydrogen) atoms. The minimum Gasteiger partial charge on any atom is -0.497 e. The SMILES string of the molecule is COc1cccc(C(=O)c2c[nH]c3ccc(C)cc23)c1. The van der Waals surface area contributed by atoms with Gasteiger partial charge in [0.15, 0.2) is 5.78 Å². The first kappa shape index (κ1) is 12.5. The summed E-state index contributed by atoms with van der Waals surface area (Å²) < 4.78 is 5.17. The van der Waals surface area contributed by atoms with Gasteiger partial charge >= 0.3 is 0 Å². The molecule has 0 spiro atoms. The molecule has 0 saturated heterocycles. The number of benzene rings is 2. The van der Waals surface area contributed by atoms with Crippen molar-refractivity contribution < 1.29 is 9.53 Å². The van der Waals surface area contributed by atoms with Gasteiger partial charge in [0, 0.05) is 28.2 Å². The molecule has 1 N–H and O–H groups in total. The third-order valence-electron chi connectivity index (χ3n) is 3.41. The molecule has 3 nitrogen and oxygen atoms in total. The third kappa shape index (κ3) is 2.07. The summed E-state index contributed by atoms with van der Waals surface area (Å²) in [5, 5.41) is 0.956. The molecule has 0 aliphatic carbocycles. The first-order valence-electron chi connectivity index (χ1n) is 6.45. The Kier molecular flexibility index (Phi) is 3.03. The lowest BCUT2D eigenvalue weighted by molar-refractivity contribution is 0.104. The molecule has 0 atom stereocenters. The molecule has 0 radical (unpaired) electrons. The van der Waals surface area contributed by atoms with E-state index in [1.807, 2.05) is 37.3 Å². The van der Waals surface area contributed by atoms with Crippen LogP contribution in [0.25, 0.3) is 10.9 Å². The number of fused-ring (bicyclic) bond motifs is 1. The van der Waals surface area contributed by atoms with E-state index in [1.54, 1.807) is 25.4 Å². The van der Waals surface area contributed by atoms with Gasteiger partial charge < -0.3 is 9.72 Å². The highest BCUT2D eigenvalue weighted by Gasteiger charge is 2.14. The standard InChI is InChI=1S/C17H15NO2/c1-11-6-7-16-14(8-11)15(10-18-16)17(19)12-4-3-5-13(9-12)20-2/h3-10,18H,1-2H3. The molecule has 0 fully saturated rings. The second kappa shape index (κ2) is 4.85. The number of ketones is 1. The summed E-state index contributed by atoms with van der Waals surface area (Å²) in [5.41, 5.74) is 3.43. The third-order valence-corrected chi connectivity index (χ3v) is 3.41. The molecule has 3 heteroatoms.